The molecule has 2 aromatic rings. The number of nitro groups is 1. The molecular formula is C16H13Cl3N4O4S. The number of amides is 1. The van der Waals surface area contributed by atoms with E-state index in [1.807, 2.05) is 0 Å². The number of benzene rings is 2. The Kier molecular flexibility index (Phi) is 7.25. The Labute approximate surface area is 179 Å². The highest BCUT2D eigenvalue weighted by molar-refractivity contribution is 7.80. The maximum atomic E-state index is 12.4. The minimum Gasteiger partial charge on any atom is -0.508 e. The van der Waals surface area contributed by atoms with Crippen molar-refractivity contribution in [1.29, 1.82) is 0 Å². The van der Waals surface area contributed by atoms with Crippen LogP contribution < -0.4 is 16.0 Å². The highest BCUT2D eigenvalue weighted by atomic mass is 35.6. The van der Waals surface area contributed by atoms with Gasteiger partial charge in [-0.25, -0.2) is 0 Å². The maximum absolute atomic E-state index is 12.4. The van der Waals surface area contributed by atoms with Crippen molar-refractivity contribution in [2.75, 3.05) is 5.32 Å². The average Bonchev–Trinajstić information content (AvgIpc) is 2.60. The summed E-state index contributed by atoms with van der Waals surface area (Å²) in [4.78, 5) is 22.6. The summed E-state index contributed by atoms with van der Waals surface area (Å²) in [6.45, 7) is 0. The number of phenols is 1. The van der Waals surface area contributed by atoms with Crippen LogP contribution in [0.5, 0.6) is 5.75 Å². The molecule has 4 N–H and O–H groups in total. The zero-order valence-corrected chi connectivity index (χ0v) is 16.9. The van der Waals surface area contributed by atoms with Crippen LogP contribution in [0.15, 0.2) is 48.5 Å². The van der Waals surface area contributed by atoms with E-state index in [2.05, 4.69) is 16.0 Å². The number of hydrogen-bond acceptors (Lipinski definition) is 5. The number of aromatic hydroxyl groups is 1. The second-order valence-corrected chi connectivity index (χ2v) is 8.18. The van der Waals surface area contributed by atoms with E-state index in [4.69, 9.17) is 47.0 Å². The Hall–Kier alpha value is -2.33. The molecular weight excluding hydrogens is 451 g/mol. The Bertz CT molecular complexity index is 907. The summed E-state index contributed by atoms with van der Waals surface area (Å²) >= 11 is 22.8. The molecule has 0 aliphatic heterocycles. The van der Waals surface area contributed by atoms with Crippen molar-refractivity contribution in [3.63, 3.8) is 0 Å². The molecule has 0 aromatic heterocycles. The van der Waals surface area contributed by atoms with E-state index in [0.29, 0.717) is 5.69 Å². The summed E-state index contributed by atoms with van der Waals surface area (Å²) in [5.74, 6) is -0.697. The molecule has 8 nitrogen and oxygen atoms in total. The SMILES string of the molecule is O=C(NC(NC(=S)Nc1cccc(O)c1)C(Cl)(Cl)Cl)c1cccc([N+](=O)[O-])c1. The first-order valence-electron chi connectivity index (χ1n) is 7.55. The molecule has 0 radical (unpaired) electrons. The van der Waals surface area contributed by atoms with E-state index in [-0.39, 0.29) is 22.1 Å². The van der Waals surface area contributed by atoms with Crippen molar-refractivity contribution in [3.8, 4) is 5.75 Å². The van der Waals surface area contributed by atoms with Crippen LogP contribution in [0.4, 0.5) is 11.4 Å². The lowest BCUT2D eigenvalue weighted by Gasteiger charge is -2.27. The van der Waals surface area contributed by atoms with Crippen LogP contribution in [-0.2, 0) is 0 Å². The van der Waals surface area contributed by atoms with E-state index >= 15 is 0 Å². The van der Waals surface area contributed by atoms with Crippen molar-refractivity contribution in [2.24, 2.45) is 0 Å². The number of carbonyl (C=O) groups excluding carboxylic acids is 1. The lowest BCUT2D eigenvalue weighted by Crippen LogP contribution is -2.56. The van der Waals surface area contributed by atoms with Crippen LogP contribution in [0, 0.1) is 10.1 Å². The van der Waals surface area contributed by atoms with Gasteiger partial charge < -0.3 is 21.1 Å². The Morgan fingerprint density at radius 3 is 2.43 bits per heavy atom. The lowest BCUT2D eigenvalue weighted by molar-refractivity contribution is -0.384. The van der Waals surface area contributed by atoms with Crippen LogP contribution in [0.3, 0.4) is 0 Å². The number of phenolic OH excluding ortho intramolecular Hbond substituents is 1. The number of halogens is 3. The predicted molar refractivity (Wildman–Crippen MR) is 112 cm³/mol. The lowest BCUT2D eigenvalue weighted by atomic mass is 10.2. The quantitative estimate of drug-likeness (QED) is 0.176. The molecule has 0 saturated heterocycles. The van der Waals surface area contributed by atoms with Gasteiger partial charge in [0.05, 0.1) is 4.92 Å². The second kappa shape index (κ2) is 9.24. The standard InChI is InChI=1S/C16H13Cl3N4O4S/c17-16(18,19)14(22-15(28)20-10-4-2-6-12(24)8-10)21-13(25)9-3-1-5-11(7-9)23(26)27/h1-8,14,24H,(H,21,25)(H2,20,22,28). The number of carbonyl (C=O) groups is 1. The summed E-state index contributed by atoms with van der Waals surface area (Å²) in [6, 6.07) is 11.2. The third kappa shape index (κ3) is 6.38. The molecule has 0 fully saturated rings. The Balaban J connectivity index is 2.11. The third-order valence-corrected chi connectivity index (χ3v) is 4.18. The minimum absolute atomic E-state index is 0.00117. The van der Waals surface area contributed by atoms with Crippen LogP contribution in [-0.4, -0.2) is 31.0 Å². The molecule has 0 aliphatic carbocycles. The maximum Gasteiger partial charge on any atom is 0.270 e. The summed E-state index contributed by atoms with van der Waals surface area (Å²) in [5, 5.41) is 28.2. The Morgan fingerprint density at radius 2 is 1.82 bits per heavy atom. The second-order valence-electron chi connectivity index (χ2n) is 5.40. The average molecular weight is 464 g/mol. The van der Waals surface area contributed by atoms with Crippen molar-refractivity contribution >= 4 is 69.4 Å². The van der Waals surface area contributed by atoms with Crippen molar-refractivity contribution in [3.05, 3.63) is 64.2 Å². The van der Waals surface area contributed by atoms with E-state index in [1.54, 1.807) is 12.1 Å². The number of hydrogen-bond donors (Lipinski definition) is 4. The van der Waals surface area contributed by atoms with Crippen LogP contribution in [0.25, 0.3) is 0 Å². The van der Waals surface area contributed by atoms with Gasteiger partial charge >= 0.3 is 0 Å². The van der Waals surface area contributed by atoms with Crippen molar-refractivity contribution in [1.82, 2.24) is 10.6 Å². The highest BCUT2D eigenvalue weighted by Gasteiger charge is 2.35. The molecule has 1 unspecified atom stereocenters. The fraction of sp³-hybridized carbons (Fsp3) is 0.125. The first-order chi connectivity index (χ1) is 13.1. The minimum atomic E-state index is -2.00. The number of alkyl halides is 3. The molecule has 0 saturated carbocycles. The van der Waals surface area contributed by atoms with Crippen LogP contribution in [0.2, 0.25) is 0 Å². The molecule has 2 aromatic carbocycles. The molecule has 148 valence electrons. The highest BCUT2D eigenvalue weighted by Crippen LogP contribution is 2.29. The summed E-state index contributed by atoms with van der Waals surface area (Å²) < 4.78 is -2.00. The fourth-order valence-corrected chi connectivity index (χ4v) is 2.62. The first kappa shape index (κ1) is 22.0. The number of thiocarbonyl (C=S) groups is 1. The van der Waals surface area contributed by atoms with E-state index in [9.17, 15) is 20.0 Å². The molecule has 1 atom stereocenters. The molecule has 1 amide bonds. The van der Waals surface area contributed by atoms with Gasteiger partial charge in [-0.15, -0.1) is 0 Å². The molecule has 2 rings (SSSR count). The van der Waals surface area contributed by atoms with Gasteiger partial charge in [0, 0.05) is 29.4 Å². The van der Waals surface area contributed by atoms with E-state index in [1.165, 1.54) is 30.3 Å². The summed E-state index contributed by atoms with van der Waals surface area (Å²) in [7, 11) is 0. The van der Waals surface area contributed by atoms with Crippen LogP contribution in [0.1, 0.15) is 10.4 Å². The molecule has 0 aliphatic rings. The molecule has 0 heterocycles. The summed E-state index contributed by atoms with van der Waals surface area (Å²) in [5.41, 5.74) is 0.208. The zero-order chi connectivity index (χ0) is 20.9. The monoisotopic (exact) mass is 462 g/mol. The number of nitrogens with zero attached hydrogens (tertiary/aromatic N) is 1. The predicted octanol–water partition coefficient (Wildman–Crippen LogP) is 3.71. The number of nitrogens with one attached hydrogen (secondary N) is 3. The van der Waals surface area contributed by atoms with Crippen molar-refractivity contribution in [2.45, 2.75) is 9.96 Å². The molecule has 0 bridgehead atoms. The van der Waals surface area contributed by atoms with Gasteiger partial charge in [0.25, 0.3) is 11.6 Å². The van der Waals surface area contributed by atoms with Crippen molar-refractivity contribution < 1.29 is 14.8 Å². The van der Waals surface area contributed by atoms with Gasteiger partial charge in [0.2, 0.25) is 3.79 Å². The molecule has 0 spiro atoms. The normalized spacial score (nSPS) is 12.0. The molecule has 28 heavy (non-hydrogen) atoms. The number of non-ortho nitro benzene ring substituents is 1. The number of rotatable bonds is 5. The number of anilines is 1. The number of nitro benzene ring substituents is 1. The first-order valence-corrected chi connectivity index (χ1v) is 9.09. The van der Waals surface area contributed by atoms with Gasteiger partial charge in [-0.2, -0.15) is 0 Å². The van der Waals surface area contributed by atoms with Gasteiger partial charge in [-0.05, 0) is 30.4 Å². The topological polar surface area (TPSA) is 117 Å². The zero-order valence-electron chi connectivity index (χ0n) is 13.9. The van der Waals surface area contributed by atoms with Gasteiger partial charge in [0.1, 0.15) is 11.9 Å². The van der Waals surface area contributed by atoms with Gasteiger partial charge in [0.15, 0.2) is 5.11 Å². The smallest absolute Gasteiger partial charge is 0.270 e. The van der Waals surface area contributed by atoms with E-state index < -0.39 is 20.8 Å². The van der Waals surface area contributed by atoms with E-state index in [0.717, 1.165) is 6.07 Å². The van der Waals surface area contributed by atoms with Gasteiger partial charge in [-0.3, -0.25) is 14.9 Å². The fourth-order valence-electron chi connectivity index (χ4n) is 2.06. The van der Waals surface area contributed by atoms with Crippen LogP contribution >= 0.6 is 47.0 Å². The Morgan fingerprint density at radius 1 is 1.14 bits per heavy atom. The molecule has 12 heteroatoms. The third-order valence-electron chi connectivity index (χ3n) is 3.30. The summed E-state index contributed by atoms with van der Waals surface area (Å²) in [6.07, 6.45) is -1.26. The largest absolute Gasteiger partial charge is 0.508 e. The van der Waals surface area contributed by atoms with Gasteiger partial charge in [-0.1, -0.05) is 46.9 Å².